The van der Waals surface area contributed by atoms with Gasteiger partial charge in [0.15, 0.2) is 15.6 Å². The quantitative estimate of drug-likeness (QED) is 0.672. The van der Waals surface area contributed by atoms with Gasteiger partial charge in [-0.15, -0.1) is 0 Å². The number of methoxy groups -OCH3 is 1. The molecule has 1 atom stereocenters. The van der Waals surface area contributed by atoms with Gasteiger partial charge in [-0.1, -0.05) is 29.8 Å². The molecule has 1 amide bonds. The Hall–Kier alpha value is -1.77. The average Bonchev–Trinajstić information content (AvgIpc) is 3.00. The fraction of sp³-hybridized carbons (Fsp3) is 0.316. The number of ether oxygens (including phenoxy) is 1. The third-order valence-corrected chi connectivity index (χ3v) is 7.08. The van der Waals surface area contributed by atoms with Crippen molar-refractivity contribution in [1.82, 2.24) is 0 Å². The Labute approximate surface area is 177 Å². The van der Waals surface area contributed by atoms with E-state index >= 15 is 0 Å². The molecule has 0 aromatic heterocycles. The molecule has 28 heavy (non-hydrogen) atoms. The van der Waals surface area contributed by atoms with Gasteiger partial charge in [0, 0.05) is 10.7 Å². The monoisotopic (exact) mass is 486 g/mol. The van der Waals surface area contributed by atoms with Crippen LogP contribution in [0, 0.1) is 0 Å². The molecule has 1 aliphatic rings. The van der Waals surface area contributed by atoms with Gasteiger partial charge in [0.2, 0.25) is 5.91 Å². The Morgan fingerprint density at radius 3 is 2.64 bits per heavy atom. The fourth-order valence-corrected chi connectivity index (χ4v) is 5.95. The molecule has 9 heteroatoms. The van der Waals surface area contributed by atoms with E-state index in [0.29, 0.717) is 33.0 Å². The highest BCUT2D eigenvalue weighted by Gasteiger charge is 2.35. The summed E-state index contributed by atoms with van der Waals surface area (Å²) in [7, 11) is -1.60. The van der Waals surface area contributed by atoms with Gasteiger partial charge in [0.05, 0.1) is 41.4 Å². The van der Waals surface area contributed by atoms with E-state index in [1.807, 2.05) is 18.2 Å². The number of hydrogen-bond acceptors (Lipinski definition) is 5. The molecule has 1 saturated heterocycles. The zero-order valence-electron chi connectivity index (χ0n) is 15.2. The number of benzene rings is 2. The standard InChI is InChI=1S/C19H20BrClN2O4S/c1-27-19-16(20)9-13(21)10-17(19)22-11-18(24)23(14-5-3-2-4-6-14)15-7-8-28(25,26)12-15/h2-6,9-10,15,22H,7-8,11-12H2,1H3. The molecule has 0 bridgehead atoms. The number of amides is 1. The summed E-state index contributed by atoms with van der Waals surface area (Å²) in [6.45, 7) is -0.0332. The van der Waals surface area contributed by atoms with Crippen LogP contribution in [-0.4, -0.2) is 45.5 Å². The number of halogens is 2. The van der Waals surface area contributed by atoms with E-state index < -0.39 is 9.84 Å². The lowest BCUT2D eigenvalue weighted by Crippen LogP contribution is -2.44. The number of nitrogens with one attached hydrogen (secondary N) is 1. The summed E-state index contributed by atoms with van der Waals surface area (Å²) in [5.74, 6) is 0.370. The minimum Gasteiger partial charge on any atom is -0.493 e. The maximum absolute atomic E-state index is 13.1. The average molecular weight is 488 g/mol. The Balaban J connectivity index is 1.83. The molecule has 1 N–H and O–H groups in total. The minimum atomic E-state index is -3.13. The number of para-hydroxylation sites is 1. The molecular weight excluding hydrogens is 468 g/mol. The van der Waals surface area contributed by atoms with Crippen molar-refractivity contribution in [3.63, 3.8) is 0 Å². The van der Waals surface area contributed by atoms with Gasteiger partial charge in [-0.3, -0.25) is 4.79 Å². The Morgan fingerprint density at radius 2 is 2.04 bits per heavy atom. The number of nitrogens with zero attached hydrogens (tertiary/aromatic N) is 1. The van der Waals surface area contributed by atoms with Crippen molar-refractivity contribution in [1.29, 1.82) is 0 Å². The van der Waals surface area contributed by atoms with E-state index in [2.05, 4.69) is 21.2 Å². The van der Waals surface area contributed by atoms with E-state index in [1.54, 1.807) is 29.2 Å². The minimum absolute atomic E-state index is 0.0281. The van der Waals surface area contributed by atoms with Crippen molar-refractivity contribution in [3.05, 3.63) is 52.0 Å². The number of carbonyl (C=O) groups excluding carboxylic acids is 1. The molecule has 1 aliphatic heterocycles. The summed E-state index contributed by atoms with van der Waals surface area (Å²) in [6.07, 6.45) is 0.426. The van der Waals surface area contributed by atoms with Crippen LogP contribution in [0.1, 0.15) is 6.42 Å². The topological polar surface area (TPSA) is 75.7 Å². The van der Waals surface area contributed by atoms with Gasteiger partial charge in [-0.2, -0.15) is 0 Å². The van der Waals surface area contributed by atoms with Crippen LogP contribution in [0.15, 0.2) is 46.9 Å². The zero-order chi connectivity index (χ0) is 20.3. The lowest BCUT2D eigenvalue weighted by molar-refractivity contribution is -0.117. The number of carbonyl (C=O) groups is 1. The van der Waals surface area contributed by atoms with Gasteiger partial charge < -0.3 is 15.0 Å². The third kappa shape index (κ3) is 4.79. The number of sulfone groups is 1. The zero-order valence-corrected chi connectivity index (χ0v) is 18.4. The first-order valence-electron chi connectivity index (χ1n) is 8.65. The first kappa shape index (κ1) is 21.0. The lowest BCUT2D eigenvalue weighted by Gasteiger charge is -2.29. The summed E-state index contributed by atoms with van der Waals surface area (Å²) in [5.41, 5.74) is 1.25. The summed E-state index contributed by atoms with van der Waals surface area (Å²) in [5, 5.41) is 3.55. The van der Waals surface area contributed by atoms with Crippen LogP contribution in [-0.2, 0) is 14.6 Å². The molecule has 2 aromatic rings. The smallest absolute Gasteiger partial charge is 0.246 e. The fourth-order valence-electron chi connectivity index (χ4n) is 3.28. The molecule has 0 spiro atoms. The predicted molar refractivity (Wildman–Crippen MR) is 115 cm³/mol. The number of hydrogen-bond donors (Lipinski definition) is 1. The third-order valence-electron chi connectivity index (χ3n) is 4.52. The second-order valence-electron chi connectivity index (χ2n) is 6.48. The molecule has 0 saturated carbocycles. The summed E-state index contributed by atoms with van der Waals surface area (Å²) in [4.78, 5) is 14.6. The SMILES string of the molecule is COc1c(Br)cc(Cl)cc1NCC(=O)N(c1ccccc1)C1CCS(=O)(=O)C1. The van der Waals surface area contributed by atoms with E-state index in [1.165, 1.54) is 7.11 Å². The van der Waals surface area contributed by atoms with Crippen molar-refractivity contribution in [2.24, 2.45) is 0 Å². The second-order valence-corrected chi connectivity index (χ2v) is 10.00. The van der Waals surface area contributed by atoms with Crippen LogP contribution in [0.5, 0.6) is 5.75 Å². The summed E-state index contributed by atoms with van der Waals surface area (Å²) < 4.78 is 29.9. The second kappa shape index (κ2) is 8.71. The summed E-state index contributed by atoms with van der Waals surface area (Å²) >= 11 is 9.49. The summed E-state index contributed by atoms with van der Waals surface area (Å²) in [6, 6.07) is 12.1. The highest BCUT2D eigenvalue weighted by molar-refractivity contribution is 9.10. The highest BCUT2D eigenvalue weighted by Crippen LogP contribution is 2.36. The highest BCUT2D eigenvalue weighted by atomic mass is 79.9. The van der Waals surface area contributed by atoms with Crippen LogP contribution in [0.4, 0.5) is 11.4 Å². The molecular formula is C19H20BrClN2O4S. The van der Waals surface area contributed by atoms with E-state index in [4.69, 9.17) is 16.3 Å². The van der Waals surface area contributed by atoms with Gasteiger partial charge >= 0.3 is 0 Å². The van der Waals surface area contributed by atoms with E-state index in [-0.39, 0.29) is 30.0 Å². The van der Waals surface area contributed by atoms with Crippen LogP contribution < -0.4 is 15.0 Å². The van der Waals surface area contributed by atoms with Gasteiger partial charge in [-0.25, -0.2) is 8.42 Å². The normalized spacial score (nSPS) is 17.9. The van der Waals surface area contributed by atoms with Crippen LogP contribution in [0.2, 0.25) is 5.02 Å². The van der Waals surface area contributed by atoms with Crippen molar-refractivity contribution >= 4 is 54.7 Å². The van der Waals surface area contributed by atoms with Gasteiger partial charge in [-0.05, 0) is 46.6 Å². The largest absolute Gasteiger partial charge is 0.493 e. The van der Waals surface area contributed by atoms with Crippen molar-refractivity contribution in [3.8, 4) is 5.75 Å². The molecule has 0 radical (unpaired) electrons. The van der Waals surface area contributed by atoms with Crippen LogP contribution in [0.25, 0.3) is 0 Å². The van der Waals surface area contributed by atoms with Crippen molar-refractivity contribution in [2.75, 3.05) is 35.4 Å². The molecule has 1 fully saturated rings. The molecule has 6 nitrogen and oxygen atoms in total. The van der Waals surface area contributed by atoms with Gasteiger partial charge in [0.1, 0.15) is 0 Å². The Kier molecular flexibility index (Phi) is 6.52. The molecule has 1 heterocycles. The van der Waals surface area contributed by atoms with E-state index in [9.17, 15) is 13.2 Å². The number of rotatable bonds is 6. The maximum Gasteiger partial charge on any atom is 0.246 e. The number of anilines is 2. The Bertz CT molecular complexity index is 969. The maximum atomic E-state index is 13.1. The predicted octanol–water partition coefficient (Wildman–Crippen LogP) is 3.74. The Morgan fingerprint density at radius 1 is 1.32 bits per heavy atom. The lowest BCUT2D eigenvalue weighted by atomic mass is 10.1. The first-order valence-corrected chi connectivity index (χ1v) is 11.6. The van der Waals surface area contributed by atoms with E-state index in [0.717, 1.165) is 0 Å². The molecule has 0 aliphatic carbocycles. The molecule has 2 aromatic carbocycles. The molecule has 1 unspecified atom stereocenters. The van der Waals surface area contributed by atoms with Crippen molar-refractivity contribution in [2.45, 2.75) is 12.5 Å². The molecule has 150 valence electrons. The van der Waals surface area contributed by atoms with Crippen LogP contribution in [0.3, 0.4) is 0 Å². The van der Waals surface area contributed by atoms with Gasteiger partial charge in [0.25, 0.3) is 0 Å². The van der Waals surface area contributed by atoms with Crippen LogP contribution >= 0.6 is 27.5 Å². The molecule has 3 rings (SSSR count). The first-order chi connectivity index (χ1) is 13.3. The van der Waals surface area contributed by atoms with Crippen molar-refractivity contribution < 1.29 is 17.9 Å².